The number of imide groups is 1. The van der Waals surface area contributed by atoms with Crippen LogP contribution < -0.4 is 9.80 Å². The van der Waals surface area contributed by atoms with Crippen molar-refractivity contribution < 1.29 is 9.59 Å². The van der Waals surface area contributed by atoms with Crippen LogP contribution in [-0.2, 0) is 10.7 Å². The average molecular weight is 502 g/mol. The number of carbonyl (C=O) groups is 2. The Morgan fingerprint density at radius 2 is 1.46 bits per heavy atom. The van der Waals surface area contributed by atoms with Crippen molar-refractivity contribution in [2.75, 3.05) is 23.9 Å². The molecule has 4 rings (SSSR count). The Kier molecular flexibility index (Phi) is 5.02. The summed E-state index contributed by atoms with van der Waals surface area (Å²) in [6.07, 6.45) is 0. The molecular weight excluding hydrogens is 484 g/mol. The first-order valence-corrected chi connectivity index (χ1v) is 11.1. The molecule has 0 atom stereocenters. The van der Waals surface area contributed by atoms with Crippen LogP contribution in [0.15, 0.2) is 48.5 Å². The van der Waals surface area contributed by atoms with Crippen LogP contribution in [0, 0.1) is 0 Å². The Morgan fingerprint density at radius 3 is 2.04 bits per heavy atom. The lowest BCUT2D eigenvalue weighted by Crippen LogP contribution is -2.40. The van der Waals surface area contributed by atoms with Crippen molar-refractivity contribution in [1.82, 2.24) is 0 Å². The van der Waals surface area contributed by atoms with Gasteiger partial charge in [0.2, 0.25) is 0 Å². The highest BCUT2D eigenvalue weighted by molar-refractivity contribution is 9.08. The molecule has 0 aliphatic carbocycles. The normalized spacial score (nSPS) is 13.4. The van der Waals surface area contributed by atoms with Crippen LogP contribution in [0.3, 0.4) is 0 Å². The molecule has 3 aromatic carbocycles. The van der Waals surface area contributed by atoms with Crippen LogP contribution in [-0.4, -0.2) is 25.9 Å². The molecule has 0 bridgehead atoms. The van der Waals surface area contributed by atoms with E-state index in [4.69, 9.17) is 0 Å². The van der Waals surface area contributed by atoms with Gasteiger partial charge in [0.15, 0.2) is 0 Å². The maximum absolute atomic E-state index is 13.4. The molecule has 0 saturated carbocycles. The van der Waals surface area contributed by atoms with E-state index < -0.39 is 0 Å². The van der Waals surface area contributed by atoms with E-state index in [1.807, 2.05) is 61.5 Å². The highest BCUT2D eigenvalue weighted by Gasteiger charge is 2.34. The molecular formula is C22H18Br2N2O2. The summed E-state index contributed by atoms with van der Waals surface area (Å²) in [5, 5.41) is 2.94. The van der Waals surface area contributed by atoms with Gasteiger partial charge in [-0.25, -0.2) is 4.90 Å². The second kappa shape index (κ2) is 7.33. The predicted octanol–water partition coefficient (Wildman–Crippen LogP) is 5.50. The summed E-state index contributed by atoms with van der Waals surface area (Å²) in [7, 11) is 3.91. The molecule has 1 aliphatic rings. The number of anilines is 2. The summed E-state index contributed by atoms with van der Waals surface area (Å²) in [6, 6.07) is 15.2. The van der Waals surface area contributed by atoms with Crippen LogP contribution in [0.25, 0.3) is 10.8 Å². The topological polar surface area (TPSA) is 40.6 Å². The Balaban J connectivity index is 1.95. The van der Waals surface area contributed by atoms with Gasteiger partial charge in [-0.2, -0.15) is 0 Å². The SMILES string of the molecule is CN(C)c1ccc2c3c(cccc13)C(=O)N(c1cc(CBr)cc(CBr)c1)C2=O. The lowest BCUT2D eigenvalue weighted by molar-refractivity contribution is 0.0893. The number of carbonyl (C=O) groups excluding carboxylic acids is 2. The molecule has 142 valence electrons. The second-order valence-electron chi connectivity index (χ2n) is 6.98. The minimum absolute atomic E-state index is 0.286. The third-order valence-electron chi connectivity index (χ3n) is 4.97. The number of alkyl halides is 2. The monoisotopic (exact) mass is 500 g/mol. The third kappa shape index (κ3) is 2.95. The third-order valence-corrected chi connectivity index (χ3v) is 6.27. The molecule has 0 fully saturated rings. The fourth-order valence-electron chi connectivity index (χ4n) is 3.73. The summed E-state index contributed by atoms with van der Waals surface area (Å²) < 4.78 is 0. The molecule has 0 aromatic heterocycles. The Morgan fingerprint density at radius 1 is 0.857 bits per heavy atom. The number of rotatable bonds is 4. The van der Waals surface area contributed by atoms with E-state index in [2.05, 4.69) is 31.9 Å². The standard InChI is InChI=1S/C22H18Br2N2O2/c1-25(2)19-7-6-18-20-16(19)4-3-5-17(20)21(27)26(22(18)28)15-9-13(11-23)8-14(10-15)12-24/h3-10H,11-12H2,1-2H3. The van der Waals surface area contributed by atoms with Gasteiger partial charge < -0.3 is 4.90 Å². The van der Waals surface area contributed by atoms with E-state index in [0.29, 0.717) is 27.5 Å². The summed E-state index contributed by atoms with van der Waals surface area (Å²) in [4.78, 5) is 30.0. The average Bonchev–Trinajstić information content (AvgIpc) is 2.71. The fourth-order valence-corrected chi connectivity index (χ4v) is 4.38. The summed E-state index contributed by atoms with van der Waals surface area (Å²) in [5.41, 5.74) is 4.72. The number of hydrogen-bond acceptors (Lipinski definition) is 3. The first kappa shape index (κ1) is 19.2. The molecule has 0 spiro atoms. The molecule has 6 heteroatoms. The van der Waals surface area contributed by atoms with Gasteiger partial charge in [0, 0.05) is 52.3 Å². The van der Waals surface area contributed by atoms with Crippen molar-refractivity contribution >= 4 is 65.8 Å². The van der Waals surface area contributed by atoms with Crippen molar-refractivity contribution in [3.05, 3.63) is 70.8 Å². The number of hydrogen-bond donors (Lipinski definition) is 0. The molecule has 0 unspecified atom stereocenters. The van der Waals surface area contributed by atoms with Crippen LogP contribution in [0.5, 0.6) is 0 Å². The summed E-state index contributed by atoms with van der Waals surface area (Å²) in [6.45, 7) is 0. The van der Waals surface area contributed by atoms with E-state index in [1.165, 1.54) is 4.90 Å². The zero-order chi connectivity index (χ0) is 20.0. The quantitative estimate of drug-likeness (QED) is 0.350. The molecule has 3 aromatic rings. The van der Waals surface area contributed by atoms with Crippen molar-refractivity contribution in [1.29, 1.82) is 0 Å². The van der Waals surface area contributed by atoms with Crippen molar-refractivity contribution in [3.8, 4) is 0 Å². The number of amides is 2. The van der Waals surface area contributed by atoms with Crippen LogP contribution >= 0.6 is 31.9 Å². The zero-order valence-corrected chi connectivity index (χ0v) is 18.7. The van der Waals surface area contributed by atoms with E-state index in [-0.39, 0.29) is 11.8 Å². The maximum atomic E-state index is 13.4. The molecule has 28 heavy (non-hydrogen) atoms. The highest BCUT2D eigenvalue weighted by Crippen LogP contribution is 2.37. The molecule has 1 aliphatic heterocycles. The lowest BCUT2D eigenvalue weighted by atomic mass is 9.92. The van der Waals surface area contributed by atoms with Gasteiger partial charge in [-0.3, -0.25) is 9.59 Å². The number of benzene rings is 3. The van der Waals surface area contributed by atoms with Crippen molar-refractivity contribution in [2.45, 2.75) is 10.7 Å². The Hall–Kier alpha value is -2.18. The first-order valence-electron chi connectivity index (χ1n) is 8.83. The first-order chi connectivity index (χ1) is 13.5. The van der Waals surface area contributed by atoms with Gasteiger partial charge in [-0.1, -0.05) is 50.1 Å². The van der Waals surface area contributed by atoms with E-state index >= 15 is 0 Å². The Bertz CT molecular complexity index is 1080. The van der Waals surface area contributed by atoms with E-state index in [9.17, 15) is 9.59 Å². The van der Waals surface area contributed by atoms with Gasteiger partial charge in [-0.15, -0.1) is 0 Å². The molecule has 1 heterocycles. The largest absolute Gasteiger partial charge is 0.377 e. The van der Waals surface area contributed by atoms with Crippen LogP contribution in [0.2, 0.25) is 0 Å². The van der Waals surface area contributed by atoms with Crippen molar-refractivity contribution in [2.24, 2.45) is 0 Å². The molecule has 4 nitrogen and oxygen atoms in total. The van der Waals surface area contributed by atoms with E-state index in [1.54, 1.807) is 6.07 Å². The fraction of sp³-hybridized carbons (Fsp3) is 0.182. The maximum Gasteiger partial charge on any atom is 0.265 e. The summed E-state index contributed by atoms with van der Waals surface area (Å²) in [5.74, 6) is -0.572. The summed E-state index contributed by atoms with van der Waals surface area (Å²) >= 11 is 6.94. The number of nitrogens with zero attached hydrogens (tertiary/aromatic N) is 2. The van der Waals surface area contributed by atoms with Crippen molar-refractivity contribution in [3.63, 3.8) is 0 Å². The minimum atomic E-state index is -0.286. The second-order valence-corrected chi connectivity index (χ2v) is 8.10. The van der Waals surface area contributed by atoms with Crippen LogP contribution in [0.4, 0.5) is 11.4 Å². The Labute approximate surface area is 180 Å². The van der Waals surface area contributed by atoms with Gasteiger partial charge in [-0.05, 0) is 41.5 Å². The highest BCUT2D eigenvalue weighted by atomic mass is 79.9. The van der Waals surface area contributed by atoms with Crippen LogP contribution in [0.1, 0.15) is 31.8 Å². The minimum Gasteiger partial charge on any atom is -0.377 e. The van der Waals surface area contributed by atoms with E-state index in [0.717, 1.165) is 27.6 Å². The number of halogens is 2. The smallest absolute Gasteiger partial charge is 0.265 e. The molecule has 2 amide bonds. The van der Waals surface area contributed by atoms with Gasteiger partial charge >= 0.3 is 0 Å². The predicted molar refractivity (Wildman–Crippen MR) is 121 cm³/mol. The van der Waals surface area contributed by atoms with Gasteiger partial charge in [0.05, 0.1) is 5.69 Å². The molecule has 0 saturated heterocycles. The lowest BCUT2D eigenvalue weighted by Gasteiger charge is -2.29. The zero-order valence-electron chi connectivity index (χ0n) is 15.5. The van der Waals surface area contributed by atoms with Gasteiger partial charge in [0.1, 0.15) is 0 Å². The molecule has 0 N–H and O–H groups in total. The molecule has 0 radical (unpaired) electrons. The van der Waals surface area contributed by atoms with Gasteiger partial charge in [0.25, 0.3) is 11.8 Å².